The molecule has 1 aromatic heterocycles. The number of fused-ring (bicyclic) bond motifs is 1. The molecule has 1 aliphatic rings. The number of ether oxygens (including phenoxy) is 3. The first-order chi connectivity index (χ1) is 18.1. The molecule has 1 saturated heterocycles. The Morgan fingerprint density at radius 1 is 0.946 bits per heavy atom. The van der Waals surface area contributed by atoms with Gasteiger partial charge in [-0.25, -0.2) is 0 Å². The number of anilines is 1. The number of methoxy groups -OCH3 is 3. The van der Waals surface area contributed by atoms with Crippen LogP contribution in [0.25, 0.3) is 22.3 Å². The Morgan fingerprint density at radius 3 is 2.38 bits per heavy atom. The fourth-order valence-electron chi connectivity index (χ4n) is 4.65. The minimum absolute atomic E-state index is 0.305. The number of carbonyl (C=O) groups is 1. The van der Waals surface area contributed by atoms with Crippen molar-refractivity contribution in [1.82, 2.24) is 10.2 Å². The fourth-order valence-corrected chi connectivity index (χ4v) is 4.65. The monoisotopic (exact) mass is 501 g/mol. The van der Waals surface area contributed by atoms with E-state index in [2.05, 4.69) is 33.7 Å². The zero-order chi connectivity index (χ0) is 25.8. The molecule has 1 aliphatic heterocycles. The van der Waals surface area contributed by atoms with Crippen molar-refractivity contribution in [3.63, 3.8) is 0 Å². The van der Waals surface area contributed by atoms with Crippen molar-refractivity contribution < 1.29 is 23.4 Å². The van der Waals surface area contributed by atoms with Crippen molar-refractivity contribution in [1.29, 1.82) is 0 Å². The molecule has 0 unspecified atom stereocenters. The van der Waals surface area contributed by atoms with Gasteiger partial charge in [-0.2, -0.15) is 0 Å². The van der Waals surface area contributed by atoms with Gasteiger partial charge in [0.2, 0.25) is 5.75 Å². The summed E-state index contributed by atoms with van der Waals surface area (Å²) in [5.74, 6) is 1.64. The average molecular weight is 502 g/mol. The zero-order valence-corrected chi connectivity index (χ0v) is 21.3. The van der Waals surface area contributed by atoms with E-state index in [9.17, 15) is 4.79 Å². The van der Waals surface area contributed by atoms with E-state index in [0.29, 0.717) is 34.3 Å². The molecule has 2 heterocycles. The number of benzene rings is 3. The van der Waals surface area contributed by atoms with Gasteiger partial charge in [0.1, 0.15) is 11.3 Å². The second-order valence-corrected chi connectivity index (χ2v) is 8.92. The van der Waals surface area contributed by atoms with Crippen molar-refractivity contribution in [2.75, 3.05) is 52.8 Å². The summed E-state index contributed by atoms with van der Waals surface area (Å²) in [6.45, 7) is 5.02. The van der Waals surface area contributed by atoms with Crippen LogP contribution in [-0.4, -0.2) is 58.3 Å². The summed E-state index contributed by atoms with van der Waals surface area (Å²) < 4.78 is 22.4. The van der Waals surface area contributed by atoms with Crippen molar-refractivity contribution >= 4 is 22.6 Å². The SMILES string of the molecule is COc1cc(C(=O)Nc2ccccc2-c2cc3ccc(CN4CCNCC4)cc3o2)cc(OC)c1OC. The highest BCUT2D eigenvalue weighted by molar-refractivity contribution is 6.07. The molecule has 192 valence electrons. The number of hydrogen-bond donors (Lipinski definition) is 2. The molecule has 0 bridgehead atoms. The first kappa shape index (κ1) is 24.7. The summed E-state index contributed by atoms with van der Waals surface area (Å²) >= 11 is 0. The quantitative estimate of drug-likeness (QED) is 0.359. The van der Waals surface area contributed by atoms with Crippen LogP contribution >= 0.6 is 0 Å². The third kappa shape index (κ3) is 5.26. The van der Waals surface area contributed by atoms with Gasteiger partial charge in [0.05, 0.1) is 27.0 Å². The normalized spacial score (nSPS) is 13.9. The number of hydrogen-bond acceptors (Lipinski definition) is 7. The largest absolute Gasteiger partial charge is 0.493 e. The number of rotatable bonds is 8. The highest BCUT2D eigenvalue weighted by Crippen LogP contribution is 2.39. The maximum absolute atomic E-state index is 13.2. The summed E-state index contributed by atoms with van der Waals surface area (Å²) in [6, 6.07) is 19.2. The molecule has 0 atom stereocenters. The number of nitrogens with zero attached hydrogens (tertiary/aromatic N) is 1. The molecule has 8 nitrogen and oxygen atoms in total. The van der Waals surface area contributed by atoms with E-state index in [0.717, 1.165) is 49.3 Å². The van der Waals surface area contributed by atoms with Crippen LogP contribution in [0, 0.1) is 0 Å². The standard InChI is InChI=1S/C29H31N3O5/c1-34-26-16-21(17-27(35-2)28(26)36-3)29(33)31-23-7-5-4-6-22(23)25-15-20-9-8-19(14-24(20)37-25)18-32-12-10-30-11-13-32/h4-9,14-17,30H,10-13,18H2,1-3H3,(H,31,33). The van der Waals surface area contributed by atoms with Crippen molar-refractivity contribution in [2.45, 2.75) is 6.54 Å². The summed E-state index contributed by atoms with van der Waals surface area (Å²) in [6.07, 6.45) is 0. The topological polar surface area (TPSA) is 85.2 Å². The van der Waals surface area contributed by atoms with Gasteiger partial charge in [0.15, 0.2) is 11.5 Å². The van der Waals surface area contributed by atoms with Crippen molar-refractivity contribution in [3.05, 3.63) is 71.8 Å². The number of nitrogens with one attached hydrogen (secondary N) is 2. The second kappa shape index (κ2) is 10.9. The first-order valence-electron chi connectivity index (χ1n) is 12.3. The van der Waals surface area contributed by atoms with Crippen LogP contribution in [0.4, 0.5) is 5.69 Å². The lowest BCUT2D eigenvalue weighted by Crippen LogP contribution is -2.42. The Bertz CT molecular complexity index is 1380. The Balaban J connectivity index is 1.41. The second-order valence-electron chi connectivity index (χ2n) is 8.92. The molecule has 1 fully saturated rings. The van der Waals surface area contributed by atoms with E-state index in [-0.39, 0.29) is 5.91 Å². The molecule has 1 amide bonds. The van der Waals surface area contributed by atoms with E-state index in [1.165, 1.54) is 26.9 Å². The van der Waals surface area contributed by atoms with E-state index >= 15 is 0 Å². The lowest BCUT2D eigenvalue weighted by Gasteiger charge is -2.27. The minimum Gasteiger partial charge on any atom is -0.493 e. The molecule has 0 spiro atoms. The maximum Gasteiger partial charge on any atom is 0.255 e. The van der Waals surface area contributed by atoms with Gasteiger partial charge < -0.3 is 29.3 Å². The predicted octanol–water partition coefficient (Wildman–Crippen LogP) is 4.78. The number of amides is 1. The summed E-state index contributed by atoms with van der Waals surface area (Å²) in [5.41, 5.74) is 3.86. The number of furan rings is 1. The Morgan fingerprint density at radius 2 is 1.68 bits per heavy atom. The van der Waals surface area contributed by atoms with Crippen LogP contribution in [0.1, 0.15) is 15.9 Å². The Hall–Kier alpha value is -4.01. The molecule has 0 saturated carbocycles. The zero-order valence-electron chi connectivity index (χ0n) is 21.3. The molecular weight excluding hydrogens is 470 g/mol. The lowest BCUT2D eigenvalue weighted by atomic mass is 10.1. The van der Waals surface area contributed by atoms with Gasteiger partial charge in [-0.3, -0.25) is 9.69 Å². The van der Waals surface area contributed by atoms with Gasteiger partial charge in [-0.05, 0) is 42.0 Å². The summed E-state index contributed by atoms with van der Waals surface area (Å²) in [4.78, 5) is 15.7. The molecular formula is C29H31N3O5. The van der Waals surface area contributed by atoms with Crippen molar-refractivity contribution in [3.8, 4) is 28.6 Å². The maximum atomic E-state index is 13.2. The van der Waals surface area contributed by atoms with E-state index in [1.54, 1.807) is 12.1 Å². The Kier molecular flexibility index (Phi) is 7.30. The van der Waals surface area contributed by atoms with Gasteiger partial charge in [-0.1, -0.05) is 24.3 Å². The molecule has 3 aromatic carbocycles. The number of piperazine rings is 1. The molecule has 37 heavy (non-hydrogen) atoms. The molecule has 5 rings (SSSR count). The lowest BCUT2D eigenvalue weighted by molar-refractivity contribution is 0.102. The summed E-state index contributed by atoms with van der Waals surface area (Å²) in [5, 5.41) is 7.42. The van der Waals surface area contributed by atoms with E-state index < -0.39 is 0 Å². The van der Waals surface area contributed by atoms with Gasteiger partial charge in [-0.15, -0.1) is 0 Å². The third-order valence-corrected chi connectivity index (χ3v) is 6.57. The molecule has 2 N–H and O–H groups in total. The Labute approximate surface area is 216 Å². The average Bonchev–Trinajstić information content (AvgIpc) is 3.36. The third-order valence-electron chi connectivity index (χ3n) is 6.57. The van der Waals surface area contributed by atoms with Crippen molar-refractivity contribution in [2.24, 2.45) is 0 Å². The highest BCUT2D eigenvalue weighted by Gasteiger charge is 2.19. The van der Waals surface area contributed by atoms with Crippen LogP contribution in [0.15, 0.2) is 65.1 Å². The minimum atomic E-state index is -0.305. The van der Waals surface area contributed by atoms with E-state index in [1.807, 2.05) is 30.3 Å². The smallest absolute Gasteiger partial charge is 0.255 e. The number of carbonyl (C=O) groups excluding carboxylic acids is 1. The van der Waals surface area contributed by atoms with Gasteiger partial charge >= 0.3 is 0 Å². The predicted molar refractivity (Wildman–Crippen MR) is 144 cm³/mol. The highest BCUT2D eigenvalue weighted by atomic mass is 16.5. The van der Waals surface area contributed by atoms with Crippen LogP contribution in [0.2, 0.25) is 0 Å². The number of para-hydroxylation sites is 1. The van der Waals surface area contributed by atoms with Gasteiger partial charge in [0.25, 0.3) is 5.91 Å². The van der Waals surface area contributed by atoms with Crippen LogP contribution in [-0.2, 0) is 6.54 Å². The van der Waals surface area contributed by atoms with Crippen LogP contribution in [0.5, 0.6) is 17.2 Å². The van der Waals surface area contributed by atoms with Gasteiger partial charge in [0, 0.05) is 49.2 Å². The van der Waals surface area contributed by atoms with E-state index in [4.69, 9.17) is 18.6 Å². The van der Waals surface area contributed by atoms with Crippen LogP contribution in [0.3, 0.4) is 0 Å². The fraction of sp³-hybridized carbons (Fsp3) is 0.276. The first-order valence-corrected chi connectivity index (χ1v) is 12.3. The molecule has 0 aliphatic carbocycles. The molecule has 0 radical (unpaired) electrons. The summed E-state index contributed by atoms with van der Waals surface area (Å²) in [7, 11) is 4.56. The molecule has 8 heteroatoms. The van der Waals surface area contributed by atoms with Crippen LogP contribution < -0.4 is 24.8 Å². The molecule has 4 aromatic rings.